The number of phenols is 1. The van der Waals surface area contributed by atoms with Gasteiger partial charge in [-0.1, -0.05) is 18.2 Å². The maximum absolute atomic E-state index is 14.3. The normalized spacial score (nSPS) is 10.8. The lowest BCUT2D eigenvalue weighted by molar-refractivity contribution is 0.0682. The molecule has 22 heavy (non-hydrogen) atoms. The van der Waals surface area contributed by atoms with Gasteiger partial charge in [0, 0.05) is 17.1 Å². The molecule has 0 amide bonds. The third-order valence-electron chi connectivity index (χ3n) is 3.31. The van der Waals surface area contributed by atoms with Crippen LogP contribution in [0.15, 0.2) is 53.3 Å². The largest absolute Gasteiger partial charge is 0.508 e. The number of aromatic nitrogens is 1. The first kappa shape index (κ1) is 13.8. The lowest BCUT2D eigenvalue weighted by atomic mass is 10.1. The van der Waals surface area contributed by atoms with E-state index in [2.05, 4.69) is 0 Å². The molecule has 0 fully saturated rings. The van der Waals surface area contributed by atoms with Crippen LogP contribution in [0.4, 0.5) is 4.39 Å². The van der Waals surface area contributed by atoms with E-state index in [-0.39, 0.29) is 16.7 Å². The second-order valence-corrected chi connectivity index (χ2v) is 4.67. The zero-order chi connectivity index (χ0) is 15.9. The van der Waals surface area contributed by atoms with Gasteiger partial charge >= 0.3 is 5.97 Å². The summed E-state index contributed by atoms with van der Waals surface area (Å²) in [6.07, 6.45) is 0. The number of rotatable bonds is 2. The van der Waals surface area contributed by atoms with E-state index in [0.717, 1.165) is 4.57 Å². The molecule has 0 aliphatic rings. The van der Waals surface area contributed by atoms with E-state index in [1.807, 2.05) is 0 Å². The van der Waals surface area contributed by atoms with Gasteiger partial charge in [-0.25, -0.2) is 9.18 Å². The van der Waals surface area contributed by atoms with E-state index >= 15 is 0 Å². The monoisotopic (exact) mass is 299 g/mol. The molecule has 6 heteroatoms. The first-order valence-electron chi connectivity index (χ1n) is 6.36. The number of carbonyl (C=O) groups is 1. The molecular formula is C16H10FNO4. The van der Waals surface area contributed by atoms with Crippen LogP contribution in [-0.2, 0) is 0 Å². The van der Waals surface area contributed by atoms with E-state index in [4.69, 9.17) is 0 Å². The highest BCUT2D eigenvalue weighted by Gasteiger charge is 2.23. The Hall–Kier alpha value is -3.15. The number of carboxylic acid groups (broad SMARTS) is 1. The third kappa shape index (κ3) is 2.01. The number of carboxylic acids is 1. The first-order valence-corrected chi connectivity index (χ1v) is 6.36. The SMILES string of the molecule is O=C(O)c1c(F)c(=O)c2ccc(O)cc2n1-c1ccccc1. The van der Waals surface area contributed by atoms with Gasteiger partial charge in [0.05, 0.1) is 5.52 Å². The molecule has 0 unspecified atom stereocenters. The maximum Gasteiger partial charge on any atom is 0.356 e. The fourth-order valence-corrected chi connectivity index (χ4v) is 2.38. The van der Waals surface area contributed by atoms with Gasteiger partial charge < -0.3 is 14.8 Å². The summed E-state index contributed by atoms with van der Waals surface area (Å²) in [7, 11) is 0. The minimum atomic E-state index is -1.57. The van der Waals surface area contributed by atoms with E-state index < -0.39 is 22.9 Å². The third-order valence-corrected chi connectivity index (χ3v) is 3.31. The Bertz CT molecular complexity index is 948. The highest BCUT2D eigenvalue weighted by molar-refractivity contribution is 5.92. The van der Waals surface area contributed by atoms with Gasteiger partial charge in [0.25, 0.3) is 0 Å². The van der Waals surface area contributed by atoms with Crippen LogP contribution in [0.3, 0.4) is 0 Å². The number of aromatic carboxylic acids is 1. The number of halogens is 1. The van der Waals surface area contributed by atoms with E-state index in [0.29, 0.717) is 5.69 Å². The molecule has 1 heterocycles. The maximum atomic E-state index is 14.3. The number of hydrogen-bond acceptors (Lipinski definition) is 3. The van der Waals surface area contributed by atoms with Crippen molar-refractivity contribution >= 4 is 16.9 Å². The summed E-state index contributed by atoms with van der Waals surface area (Å²) in [5, 5.41) is 18.9. The molecule has 110 valence electrons. The van der Waals surface area contributed by atoms with Crippen LogP contribution in [0.5, 0.6) is 5.75 Å². The molecular weight excluding hydrogens is 289 g/mol. The van der Waals surface area contributed by atoms with Crippen LogP contribution in [0.1, 0.15) is 10.5 Å². The summed E-state index contributed by atoms with van der Waals surface area (Å²) in [6.45, 7) is 0. The van der Waals surface area contributed by atoms with Crippen molar-refractivity contribution in [3.63, 3.8) is 0 Å². The summed E-state index contributed by atoms with van der Waals surface area (Å²) in [5.41, 5.74) is -1.29. The van der Waals surface area contributed by atoms with Crippen LogP contribution >= 0.6 is 0 Å². The number of benzene rings is 2. The minimum Gasteiger partial charge on any atom is -0.508 e. The molecule has 3 rings (SSSR count). The summed E-state index contributed by atoms with van der Waals surface area (Å²) < 4.78 is 15.4. The number of para-hydroxylation sites is 1. The average molecular weight is 299 g/mol. The van der Waals surface area contributed by atoms with Crippen LogP contribution in [-0.4, -0.2) is 20.7 Å². The van der Waals surface area contributed by atoms with Crippen molar-refractivity contribution in [2.75, 3.05) is 0 Å². The zero-order valence-corrected chi connectivity index (χ0v) is 11.2. The molecule has 0 radical (unpaired) electrons. The summed E-state index contributed by atoms with van der Waals surface area (Å²) in [4.78, 5) is 23.4. The fourth-order valence-electron chi connectivity index (χ4n) is 2.38. The van der Waals surface area contributed by atoms with Gasteiger partial charge in [-0.15, -0.1) is 0 Å². The Morgan fingerprint density at radius 1 is 1.09 bits per heavy atom. The van der Waals surface area contributed by atoms with Gasteiger partial charge in [0.15, 0.2) is 5.69 Å². The molecule has 0 saturated heterocycles. The zero-order valence-electron chi connectivity index (χ0n) is 11.2. The highest BCUT2D eigenvalue weighted by Crippen LogP contribution is 2.24. The molecule has 0 bridgehead atoms. The standard InChI is InChI=1S/C16H10FNO4/c17-13-14(16(21)22)18(9-4-2-1-3-5-9)12-8-10(19)6-7-11(12)15(13)20/h1-8,19H,(H,21,22). The van der Waals surface area contributed by atoms with E-state index in [1.165, 1.54) is 18.2 Å². The van der Waals surface area contributed by atoms with Crippen molar-refractivity contribution in [2.45, 2.75) is 0 Å². The second kappa shape index (κ2) is 5.00. The van der Waals surface area contributed by atoms with Crippen molar-refractivity contribution < 1.29 is 19.4 Å². The van der Waals surface area contributed by atoms with Crippen molar-refractivity contribution in [2.24, 2.45) is 0 Å². The average Bonchev–Trinajstić information content (AvgIpc) is 2.51. The van der Waals surface area contributed by atoms with Gasteiger partial charge in [-0.3, -0.25) is 4.79 Å². The summed E-state index contributed by atoms with van der Waals surface area (Å²) in [5.74, 6) is -3.06. The molecule has 3 aromatic rings. The topological polar surface area (TPSA) is 79.5 Å². The van der Waals surface area contributed by atoms with Crippen molar-refractivity contribution in [3.8, 4) is 11.4 Å². The Morgan fingerprint density at radius 3 is 2.41 bits per heavy atom. The Morgan fingerprint density at radius 2 is 1.77 bits per heavy atom. The Balaban J connectivity index is 2.59. The molecule has 2 N–H and O–H groups in total. The lowest BCUT2D eigenvalue weighted by Crippen LogP contribution is -2.22. The van der Waals surface area contributed by atoms with Crippen molar-refractivity contribution in [3.05, 3.63) is 70.3 Å². The number of phenolic OH excluding ortho intramolecular Hbond substituents is 1. The fraction of sp³-hybridized carbons (Fsp3) is 0. The molecule has 5 nitrogen and oxygen atoms in total. The second-order valence-electron chi connectivity index (χ2n) is 4.67. The number of aromatic hydroxyl groups is 1. The van der Waals surface area contributed by atoms with E-state index in [9.17, 15) is 24.2 Å². The molecule has 1 aromatic heterocycles. The molecule has 0 aliphatic heterocycles. The molecule has 0 saturated carbocycles. The van der Waals surface area contributed by atoms with E-state index in [1.54, 1.807) is 30.3 Å². The quantitative estimate of drug-likeness (QED) is 0.762. The van der Waals surface area contributed by atoms with Gasteiger partial charge in [-0.2, -0.15) is 0 Å². The minimum absolute atomic E-state index is 0.0100. The number of hydrogen-bond donors (Lipinski definition) is 2. The van der Waals surface area contributed by atoms with Gasteiger partial charge in [-0.05, 0) is 24.3 Å². The van der Waals surface area contributed by atoms with Crippen LogP contribution in [0.25, 0.3) is 16.6 Å². The van der Waals surface area contributed by atoms with Crippen LogP contribution in [0.2, 0.25) is 0 Å². The van der Waals surface area contributed by atoms with Crippen LogP contribution in [0, 0.1) is 5.82 Å². The summed E-state index contributed by atoms with van der Waals surface area (Å²) in [6, 6.07) is 12.0. The van der Waals surface area contributed by atoms with Crippen molar-refractivity contribution in [1.29, 1.82) is 0 Å². The van der Waals surface area contributed by atoms with Gasteiger partial charge in [0.1, 0.15) is 5.75 Å². The smallest absolute Gasteiger partial charge is 0.356 e. The number of nitrogens with zero attached hydrogens (tertiary/aromatic N) is 1. The first-order chi connectivity index (χ1) is 10.5. The Labute approximate surface area is 123 Å². The van der Waals surface area contributed by atoms with Crippen LogP contribution < -0.4 is 5.43 Å². The highest BCUT2D eigenvalue weighted by atomic mass is 19.1. The predicted octanol–water partition coefficient (Wildman–Crippen LogP) is 2.53. The molecule has 2 aromatic carbocycles. The van der Waals surface area contributed by atoms with Gasteiger partial charge in [0.2, 0.25) is 11.2 Å². The molecule has 0 atom stereocenters. The Kier molecular flexibility index (Phi) is 3.14. The molecule has 0 spiro atoms. The van der Waals surface area contributed by atoms with Crippen molar-refractivity contribution in [1.82, 2.24) is 4.57 Å². The lowest BCUT2D eigenvalue weighted by Gasteiger charge is -2.15. The number of fused-ring (bicyclic) bond motifs is 1. The summed E-state index contributed by atoms with van der Waals surface area (Å²) >= 11 is 0. The molecule has 0 aliphatic carbocycles. The predicted molar refractivity (Wildman–Crippen MR) is 78.1 cm³/mol. The number of pyridine rings is 1.